The molecule has 1 aliphatic heterocycles. The Kier molecular flexibility index (Phi) is 8.95. The van der Waals surface area contributed by atoms with Crippen LogP contribution in [0.3, 0.4) is 0 Å². The summed E-state index contributed by atoms with van der Waals surface area (Å²) in [5.41, 5.74) is 1.66. The van der Waals surface area contributed by atoms with E-state index in [4.69, 9.17) is 0 Å². The van der Waals surface area contributed by atoms with Crippen molar-refractivity contribution in [1.82, 2.24) is 15.1 Å². The summed E-state index contributed by atoms with van der Waals surface area (Å²) in [7, 11) is 0. The van der Waals surface area contributed by atoms with Crippen LogP contribution in [0, 0.1) is 5.92 Å². The van der Waals surface area contributed by atoms with Crippen molar-refractivity contribution in [2.45, 2.75) is 45.7 Å². The van der Waals surface area contributed by atoms with Gasteiger partial charge in [0.1, 0.15) is 18.6 Å². The van der Waals surface area contributed by atoms with Crippen LogP contribution < -0.4 is 5.32 Å². The van der Waals surface area contributed by atoms with Gasteiger partial charge in [-0.3, -0.25) is 24.1 Å². The number of carbonyl (C=O) groups excluding carboxylic acids is 4. The summed E-state index contributed by atoms with van der Waals surface area (Å²) in [6.07, 6.45) is 1.95. The predicted octanol–water partition coefficient (Wildman–Crippen LogP) is 2.47. The molecule has 3 amide bonds. The van der Waals surface area contributed by atoms with Crippen LogP contribution >= 0.6 is 0 Å². The van der Waals surface area contributed by atoms with E-state index in [2.05, 4.69) is 5.32 Å². The lowest BCUT2D eigenvalue weighted by Crippen LogP contribution is -2.55. The quantitative estimate of drug-likeness (QED) is 0.478. The molecule has 0 bridgehead atoms. The van der Waals surface area contributed by atoms with E-state index in [0.29, 0.717) is 23.2 Å². The lowest BCUT2D eigenvalue weighted by atomic mass is 9.97. The van der Waals surface area contributed by atoms with Crippen molar-refractivity contribution in [1.29, 1.82) is 0 Å². The van der Waals surface area contributed by atoms with Crippen LogP contribution in [0.2, 0.25) is 0 Å². The molecule has 37 heavy (non-hydrogen) atoms. The van der Waals surface area contributed by atoms with Gasteiger partial charge in [-0.15, -0.1) is 0 Å². The summed E-state index contributed by atoms with van der Waals surface area (Å²) in [6, 6.07) is 15.5. The first-order valence-electron chi connectivity index (χ1n) is 12.1. The van der Waals surface area contributed by atoms with Gasteiger partial charge in [0.25, 0.3) is 11.7 Å². The molecule has 0 aromatic heterocycles. The number of amides is 3. The number of hydrogen-bond donors (Lipinski definition) is 2. The Hall–Kier alpha value is -4.27. The van der Waals surface area contributed by atoms with Crippen molar-refractivity contribution in [3.05, 3.63) is 78.0 Å². The maximum absolute atomic E-state index is 13.7. The van der Waals surface area contributed by atoms with Gasteiger partial charge in [0.15, 0.2) is 0 Å². The summed E-state index contributed by atoms with van der Waals surface area (Å²) in [4.78, 5) is 65.7. The van der Waals surface area contributed by atoms with Crippen LogP contribution in [-0.4, -0.2) is 63.0 Å². The van der Waals surface area contributed by atoms with Crippen molar-refractivity contribution in [3.63, 3.8) is 0 Å². The van der Waals surface area contributed by atoms with Crippen LogP contribution in [0.15, 0.2) is 66.9 Å². The first kappa shape index (κ1) is 27.3. The molecule has 3 rings (SSSR count). The first-order chi connectivity index (χ1) is 17.6. The first-order valence-corrected chi connectivity index (χ1v) is 12.1. The van der Waals surface area contributed by atoms with E-state index in [1.165, 1.54) is 16.7 Å². The summed E-state index contributed by atoms with van der Waals surface area (Å²) in [5.74, 6) is -4.13. The molecule has 9 nitrogen and oxygen atoms in total. The highest BCUT2D eigenvalue weighted by atomic mass is 16.4. The minimum Gasteiger partial charge on any atom is -0.475 e. The van der Waals surface area contributed by atoms with Gasteiger partial charge in [0.2, 0.25) is 11.8 Å². The molecule has 0 fully saturated rings. The molecule has 2 atom stereocenters. The highest BCUT2D eigenvalue weighted by Gasteiger charge is 2.39. The SMILES string of the molecule is CC(=O)N1C=C(c2ccccc2)N(CC(=O)N[C@@H](Cc2ccccc2)C(=O)C(=O)O)C(=O)C1CC(C)C. The second kappa shape index (κ2) is 12.1. The zero-order chi connectivity index (χ0) is 27.1. The minimum atomic E-state index is -1.66. The van der Waals surface area contributed by atoms with E-state index < -0.39 is 42.2 Å². The smallest absolute Gasteiger partial charge is 0.374 e. The molecule has 0 spiro atoms. The number of benzene rings is 2. The number of nitrogens with one attached hydrogen (secondary N) is 1. The molecule has 2 aromatic carbocycles. The molecule has 0 radical (unpaired) electrons. The van der Waals surface area contributed by atoms with Crippen molar-refractivity contribution in [2.24, 2.45) is 5.92 Å². The number of hydrogen-bond acceptors (Lipinski definition) is 5. The van der Waals surface area contributed by atoms with Crippen LogP contribution in [0.25, 0.3) is 5.70 Å². The van der Waals surface area contributed by atoms with E-state index in [-0.39, 0.29) is 18.2 Å². The van der Waals surface area contributed by atoms with Gasteiger partial charge < -0.3 is 15.3 Å². The number of carboxylic acids is 1. The number of nitrogens with zero attached hydrogens (tertiary/aromatic N) is 2. The summed E-state index contributed by atoms with van der Waals surface area (Å²) >= 11 is 0. The van der Waals surface area contributed by atoms with Gasteiger partial charge in [-0.25, -0.2) is 4.79 Å². The maximum Gasteiger partial charge on any atom is 0.374 e. The molecule has 1 unspecified atom stereocenters. The molecule has 1 aliphatic rings. The molecule has 2 aromatic rings. The van der Waals surface area contributed by atoms with Crippen molar-refractivity contribution < 1.29 is 29.1 Å². The third-order valence-corrected chi connectivity index (χ3v) is 6.01. The fraction of sp³-hybridized carbons (Fsp3) is 0.321. The second-order valence-corrected chi connectivity index (χ2v) is 9.36. The third-order valence-electron chi connectivity index (χ3n) is 6.01. The molecule has 1 heterocycles. The molecule has 0 saturated carbocycles. The number of carbonyl (C=O) groups is 5. The monoisotopic (exact) mass is 505 g/mol. The van der Waals surface area contributed by atoms with Gasteiger partial charge in [-0.05, 0) is 23.5 Å². The number of Topliss-reactive ketones (excluding diaryl/α,β-unsaturated/α-hetero) is 1. The zero-order valence-corrected chi connectivity index (χ0v) is 21.1. The summed E-state index contributed by atoms with van der Waals surface area (Å²) in [5, 5.41) is 11.8. The maximum atomic E-state index is 13.7. The molecule has 194 valence electrons. The highest BCUT2D eigenvalue weighted by Crippen LogP contribution is 2.29. The van der Waals surface area contributed by atoms with Crippen LogP contribution in [0.4, 0.5) is 0 Å². The van der Waals surface area contributed by atoms with Crippen LogP contribution in [0.1, 0.15) is 38.3 Å². The predicted molar refractivity (Wildman–Crippen MR) is 137 cm³/mol. The van der Waals surface area contributed by atoms with Crippen molar-refractivity contribution in [2.75, 3.05) is 6.54 Å². The average Bonchev–Trinajstić information content (AvgIpc) is 2.86. The zero-order valence-electron chi connectivity index (χ0n) is 21.1. The van der Waals surface area contributed by atoms with E-state index in [1.54, 1.807) is 60.8 Å². The molecular formula is C28H31N3O6. The molecule has 0 saturated heterocycles. The molecule has 9 heteroatoms. The van der Waals surface area contributed by atoms with E-state index in [9.17, 15) is 29.1 Å². The summed E-state index contributed by atoms with van der Waals surface area (Å²) < 4.78 is 0. The number of rotatable bonds is 10. The van der Waals surface area contributed by atoms with E-state index in [1.807, 2.05) is 19.9 Å². The fourth-order valence-corrected chi connectivity index (χ4v) is 4.27. The standard InChI is InChI=1S/C28H31N3O6/c1-18(2)14-23-27(35)31(24(16-30(23)19(3)32)21-12-8-5-9-13-21)17-25(33)29-22(26(34)28(36)37)15-20-10-6-4-7-11-20/h4-13,16,18,22-23H,14-15,17H2,1-3H3,(H,29,33)(H,36,37)/t22-,23?/m0/s1. The van der Waals surface area contributed by atoms with Gasteiger partial charge in [-0.2, -0.15) is 0 Å². The third kappa shape index (κ3) is 6.91. The Bertz CT molecular complexity index is 1190. The second-order valence-electron chi connectivity index (χ2n) is 9.36. The largest absolute Gasteiger partial charge is 0.475 e. The van der Waals surface area contributed by atoms with Crippen molar-refractivity contribution >= 4 is 35.2 Å². The Balaban J connectivity index is 1.92. The van der Waals surface area contributed by atoms with Gasteiger partial charge in [0.05, 0.1) is 5.70 Å². The number of aliphatic carboxylic acids is 1. The average molecular weight is 506 g/mol. The summed E-state index contributed by atoms with van der Waals surface area (Å²) in [6.45, 7) is 4.81. The Labute approximate surface area is 215 Å². The minimum absolute atomic E-state index is 0.0128. The normalized spacial score (nSPS) is 16.3. The fourth-order valence-electron chi connectivity index (χ4n) is 4.27. The Morgan fingerprint density at radius 3 is 2.11 bits per heavy atom. The molecular weight excluding hydrogens is 474 g/mol. The lowest BCUT2D eigenvalue weighted by Gasteiger charge is -2.39. The molecule has 0 aliphatic carbocycles. The lowest BCUT2D eigenvalue weighted by molar-refractivity contribution is -0.150. The Morgan fingerprint density at radius 2 is 1.57 bits per heavy atom. The van der Waals surface area contributed by atoms with Gasteiger partial charge in [-0.1, -0.05) is 74.5 Å². The van der Waals surface area contributed by atoms with E-state index >= 15 is 0 Å². The molecule has 2 N–H and O–H groups in total. The number of carboxylic acid groups (broad SMARTS) is 1. The van der Waals surface area contributed by atoms with Gasteiger partial charge in [0, 0.05) is 19.5 Å². The van der Waals surface area contributed by atoms with Crippen LogP contribution in [-0.2, 0) is 30.4 Å². The Morgan fingerprint density at radius 1 is 0.973 bits per heavy atom. The van der Waals surface area contributed by atoms with Crippen LogP contribution in [0.5, 0.6) is 0 Å². The topological polar surface area (TPSA) is 124 Å². The number of ketones is 1. The van der Waals surface area contributed by atoms with E-state index in [0.717, 1.165) is 0 Å². The van der Waals surface area contributed by atoms with Crippen molar-refractivity contribution in [3.8, 4) is 0 Å². The van der Waals surface area contributed by atoms with Gasteiger partial charge >= 0.3 is 5.97 Å². The highest BCUT2D eigenvalue weighted by molar-refractivity contribution is 6.35.